The summed E-state index contributed by atoms with van der Waals surface area (Å²) in [6.45, 7) is 6.40. The van der Waals surface area contributed by atoms with Gasteiger partial charge in [-0.3, -0.25) is 9.80 Å². The number of nitrogens with one attached hydrogen (secondary N) is 1. The van der Waals surface area contributed by atoms with Crippen molar-refractivity contribution in [1.29, 1.82) is 0 Å². The van der Waals surface area contributed by atoms with Gasteiger partial charge >= 0.3 is 0 Å². The van der Waals surface area contributed by atoms with Crippen LogP contribution in [0.4, 0.5) is 5.13 Å². The lowest BCUT2D eigenvalue weighted by atomic mass is 10.1. The zero-order valence-corrected chi connectivity index (χ0v) is 12.1. The maximum atomic E-state index is 11.2. The third kappa shape index (κ3) is 2.90. The molecule has 9 heteroatoms. The Bertz CT molecular complexity index is 550. The molecule has 7 nitrogen and oxygen atoms in total. The van der Waals surface area contributed by atoms with E-state index in [-0.39, 0.29) is 4.21 Å². The predicted molar refractivity (Wildman–Crippen MR) is 73.8 cm³/mol. The average molecular weight is 303 g/mol. The van der Waals surface area contributed by atoms with Crippen LogP contribution in [0.25, 0.3) is 0 Å². The van der Waals surface area contributed by atoms with E-state index < -0.39 is 10.0 Å². The van der Waals surface area contributed by atoms with Gasteiger partial charge in [0.05, 0.1) is 6.20 Å². The maximum absolute atomic E-state index is 11.2. The molecule has 0 saturated carbocycles. The van der Waals surface area contributed by atoms with E-state index in [1.54, 1.807) is 0 Å². The zero-order valence-electron chi connectivity index (χ0n) is 10.4. The van der Waals surface area contributed by atoms with Crippen LogP contribution in [0.2, 0.25) is 0 Å². The van der Waals surface area contributed by atoms with Crippen LogP contribution in [-0.2, 0) is 10.0 Å². The van der Waals surface area contributed by atoms with Crippen molar-refractivity contribution >= 4 is 26.5 Å². The van der Waals surface area contributed by atoms with Crippen LogP contribution in [-0.4, -0.2) is 68.5 Å². The van der Waals surface area contributed by atoms with Crippen LogP contribution >= 0.6 is 11.3 Å². The second-order valence-electron chi connectivity index (χ2n) is 4.90. The summed E-state index contributed by atoms with van der Waals surface area (Å²) in [4.78, 5) is 8.98. The molecule has 3 aliphatic heterocycles. The van der Waals surface area contributed by atoms with Crippen LogP contribution < -0.4 is 10.5 Å². The number of nitrogens with zero attached hydrogens (tertiary/aromatic N) is 3. The van der Waals surface area contributed by atoms with Gasteiger partial charge in [0.25, 0.3) is 0 Å². The normalized spacial score (nSPS) is 30.5. The minimum absolute atomic E-state index is 0.101. The Hall–Kier alpha value is -0.740. The van der Waals surface area contributed by atoms with E-state index in [9.17, 15) is 8.42 Å². The Morgan fingerprint density at radius 2 is 2.16 bits per heavy atom. The van der Waals surface area contributed by atoms with Crippen LogP contribution in [0.1, 0.15) is 0 Å². The first-order valence-electron chi connectivity index (χ1n) is 6.21. The highest BCUT2D eigenvalue weighted by Gasteiger charge is 2.31. The fourth-order valence-electron chi connectivity index (χ4n) is 2.60. The molecule has 1 atom stereocenters. The molecule has 3 fully saturated rings. The van der Waals surface area contributed by atoms with Crippen molar-refractivity contribution < 1.29 is 8.42 Å². The number of rotatable bonds is 4. The molecule has 0 amide bonds. The number of primary sulfonamides is 1. The number of thiazole rings is 1. The van der Waals surface area contributed by atoms with Crippen molar-refractivity contribution in [3.63, 3.8) is 0 Å². The van der Waals surface area contributed by atoms with Crippen molar-refractivity contribution in [2.45, 2.75) is 10.3 Å². The summed E-state index contributed by atoms with van der Waals surface area (Å²) in [6, 6.07) is 0.476. The lowest BCUT2D eigenvalue weighted by Gasteiger charge is -2.47. The van der Waals surface area contributed by atoms with Gasteiger partial charge in [0.15, 0.2) is 9.34 Å². The fraction of sp³-hybridized carbons (Fsp3) is 0.700. The number of anilines is 1. The second kappa shape index (κ2) is 4.98. The first-order chi connectivity index (χ1) is 9.02. The topological polar surface area (TPSA) is 91.6 Å². The second-order valence-corrected chi connectivity index (χ2v) is 7.72. The molecule has 3 N–H and O–H groups in total. The van der Waals surface area contributed by atoms with Crippen molar-refractivity contribution in [3.05, 3.63) is 6.20 Å². The molecule has 19 heavy (non-hydrogen) atoms. The third-order valence-electron chi connectivity index (χ3n) is 3.65. The minimum atomic E-state index is -3.64. The molecule has 1 aromatic heterocycles. The summed E-state index contributed by atoms with van der Waals surface area (Å²) >= 11 is 1.08. The quantitative estimate of drug-likeness (QED) is 0.757. The number of hydrogen-bond donors (Lipinski definition) is 2. The van der Waals surface area contributed by atoms with E-state index in [0.717, 1.165) is 50.6 Å². The first-order valence-corrected chi connectivity index (χ1v) is 8.57. The number of aromatic nitrogens is 1. The highest BCUT2D eigenvalue weighted by molar-refractivity contribution is 7.91. The molecule has 0 spiro atoms. The Labute approximate surface area is 116 Å². The van der Waals surface area contributed by atoms with E-state index in [0.29, 0.717) is 11.2 Å². The number of piperazine rings is 3. The molecule has 3 saturated heterocycles. The Kier molecular flexibility index (Phi) is 3.48. The molecule has 2 bridgehead atoms. The number of fused-ring (bicyclic) bond motifs is 3. The summed E-state index contributed by atoms with van der Waals surface area (Å²) < 4.78 is 22.4. The summed E-state index contributed by atoms with van der Waals surface area (Å²) in [5.41, 5.74) is 0. The SMILES string of the molecule is NS(=O)(=O)c1cnc(NCC2CN3CCN2CC3)s1. The third-order valence-corrected chi connectivity index (χ3v) is 6.01. The van der Waals surface area contributed by atoms with Crippen molar-refractivity contribution in [2.24, 2.45) is 5.14 Å². The number of hydrogen-bond acceptors (Lipinski definition) is 7. The van der Waals surface area contributed by atoms with Gasteiger partial charge < -0.3 is 5.32 Å². The molecule has 106 valence electrons. The molecular weight excluding hydrogens is 286 g/mol. The Morgan fingerprint density at radius 1 is 1.42 bits per heavy atom. The lowest BCUT2D eigenvalue weighted by molar-refractivity contribution is 0.0189. The average Bonchev–Trinajstić information content (AvgIpc) is 2.86. The van der Waals surface area contributed by atoms with Gasteiger partial charge in [-0.15, -0.1) is 0 Å². The van der Waals surface area contributed by atoms with Crippen LogP contribution in [0, 0.1) is 0 Å². The Morgan fingerprint density at radius 3 is 2.68 bits per heavy atom. The monoisotopic (exact) mass is 303 g/mol. The smallest absolute Gasteiger partial charge is 0.249 e. The summed E-state index contributed by atoms with van der Waals surface area (Å²) in [6.07, 6.45) is 1.30. The molecule has 4 rings (SSSR count). The highest BCUT2D eigenvalue weighted by atomic mass is 32.2. The number of sulfonamides is 1. The molecule has 0 aromatic carbocycles. The van der Waals surface area contributed by atoms with E-state index in [2.05, 4.69) is 20.1 Å². The highest BCUT2D eigenvalue weighted by Crippen LogP contribution is 2.22. The molecule has 1 aromatic rings. The van der Waals surface area contributed by atoms with Gasteiger partial charge in [-0.25, -0.2) is 18.5 Å². The van der Waals surface area contributed by atoms with Crippen molar-refractivity contribution in [1.82, 2.24) is 14.8 Å². The maximum Gasteiger partial charge on any atom is 0.249 e. The number of nitrogens with two attached hydrogens (primary N) is 1. The first kappa shape index (κ1) is 13.3. The van der Waals surface area contributed by atoms with E-state index in [1.165, 1.54) is 6.20 Å². The molecule has 3 aliphatic rings. The summed E-state index contributed by atoms with van der Waals surface area (Å²) in [7, 11) is -3.64. The molecular formula is C10H17N5O2S2. The van der Waals surface area contributed by atoms with Crippen LogP contribution in [0.15, 0.2) is 10.4 Å². The van der Waals surface area contributed by atoms with Gasteiger partial charge in [-0.1, -0.05) is 11.3 Å². The summed E-state index contributed by atoms with van der Waals surface area (Å²) in [5, 5.41) is 8.88. The van der Waals surface area contributed by atoms with Gasteiger partial charge in [0, 0.05) is 45.3 Å². The van der Waals surface area contributed by atoms with Gasteiger partial charge in [0.2, 0.25) is 10.0 Å². The molecule has 4 heterocycles. The molecule has 0 aliphatic carbocycles. The minimum Gasteiger partial charge on any atom is -0.360 e. The van der Waals surface area contributed by atoms with Crippen molar-refractivity contribution in [2.75, 3.05) is 44.6 Å². The van der Waals surface area contributed by atoms with Crippen LogP contribution in [0.3, 0.4) is 0 Å². The standard InChI is InChI=1S/C10H17N5O2S2/c11-19(16,17)9-6-13-10(18-9)12-5-8-7-14-1-3-15(8)4-2-14/h6,8H,1-5,7H2,(H,12,13)(H2,11,16,17). The lowest BCUT2D eigenvalue weighted by Crippen LogP contribution is -2.62. The zero-order chi connectivity index (χ0) is 13.5. The van der Waals surface area contributed by atoms with E-state index in [4.69, 9.17) is 5.14 Å². The Balaban J connectivity index is 1.59. The molecule has 0 radical (unpaired) electrons. The van der Waals surface area contributed by atoms with Gasteiger partial charge in [-0.2, -0.15) is 0 Å². The summed E-state index contributed by atoms with van der Waals surface area (Å²) in [5.74, 6) is 0. The van der Waals surface area contributed by atoms with Crippen LogP contribution in [0.5, 0.6) is 0 Å². The fourth-order valence-corrected chi connectivity index (χ4v) is 4.05. The van der Waals surface area contributed by atoms with Gasteiger partial charge in [0.1, 0.15) is 0 Å². The predicted octanol–water partition coefficient (Wildman–Crippen LogP) is -0.798. The largest absolute Gasteiger partial charge is 0.360 e. The molecule has 1 unspecified atom stereocenters. The van der Waals surface area contributed by atoms with E-state index in [1.807, 2.05) is 0 Å². The van der Waals surface area contributed by atoms with Gasteiger partial charge in [-0.05, 0) is 0 Å². The van der Waals surface area contributed by atoms with E-state index >= 15 is 0 Å². The van der Waals surface area contributed by atoms with Crippen molar-refractivity contribution in [3.8, 4) is 0 Å².